The van der Waals surface area contributed by atoms with Crippen LogP contribution >= 0.6 is 11.6 Å². The maximum atomic E-state index is 12.1. The van der Waals surface area contributed by atoms with Crippen LogP contribution in [0.4, 0.5) is 0 Å². The number of benzene rings is 1. The molecule has 3 rings (SSSR count). The van der Waals surface area contributed by atoms with Crippen molar-refractivity contribution in [1.82, 2.24) is 10.3 Å². The fraction of sp³-hybridized carbons (Fsp3) is 0.250. The first kappa shape index (κ1) is 13.9. The minimum Gasteiger partial charge on any atom is -0.488 e. The van der Waals surface area contributed by atoms with Crippen LogP contribution in [0.25, 0.3) is 0 Å². The molecule has 2 heterocycles. The van der Waals surface area contributed by atoms with Crippen molar-refractivity contribution in [2.75, 3.05) is 6.54 Å². The number of carbonyl (C=O) groups excluding carboxylic acids is 1. The maximum absolute atomic E-state index is 12.1. The Bertz CT molecular complexity index is 642. The van der Waals surface area contributed by atoms with Crippen molar-refractivity contribution < 1.29 is 9.53 Å². The number of para-hydroxylation sites is 1. The van der Waals surface area contributed by atoms with Gasteiger partial charge in [0.15, 0.2) is 0 Å². The molecule has 1 atom stereocenters. The number of nitrogens with one attached hydrogen (secondary N) is 1. The van der Waals surface area contributed by atoms with Crippen molar-refractivity contribution >= 4 is 17.5 Å². The number of carbonyl (C=O) groups is 1. The van der Waals surface area contributed by atoms with Gasteiger partial charge in [-0.15, -0.1) is 0 Å². The Morgan fingerprint density at radius 2 is 2.24 bits per heavy atom. The number of aryl methyl sites for hydroxylation is 1. The van der Waals surface area contributed by atoms with E-state index in [0.29, 0.717) is 17.3 Å². The zero-order valence-corrected chi connectivity index (χ0v) is 12.4. The standard InChI is InChI=1S/C16H15ClN2O2/c1-10-6-12(8-15(17)19-10)16(20)18-9-13-7-11-4-2-3-5-14(11)21-13/h2-6,8,13H,7,9H2,1H3,(H,18,20). The number of rotatable bonds is 3. The summed E-state index contributed by atoms with van der Waals surface area (Å²) in [6.45, 7) is 2.27. The highest BCUT2D eigenvalue weighted by Crippen LogP contribution is 2.27. The van der Waals surface area contributed by atoms with Crippen molar-refractivity contribution in [3.8, 4) is 5.75 Å². The number of ether oxygens (including phenoxy) is 1. The molecule has 0 spiro atoms. The van der Waals surface area contributed by atoms with Crippen molar-refractivity contribution in [3.05, 3.63) is 58.4 Å². The largest absolute Gasteiger partial charge is 0.488 e. The molecule has 1 aromatic carbocycles. The topological polar surface area (TPSA) is 51.2 Å². The summed E-state index contributed by atoms with van der Waals surface area (Å²) in [7, 11) is 0. The van der Waals surface area contributed by atoms with Gasteiger partial charge in [0.25, 0.3) is 5.91 Å². The summed E-state index contributed by atoms with van der Waals surface area (Å²) in [5.41, 5.74) is 2.42. The molecule has 0 fully saturated rings. The summed E-state index contributed by atoms with van der Waals surface area (Å²) in [6, 6.07) is 11.2. The highest BCUT2D eigenvalue weighted by molar-refractivity contribution is 6.29. The number of aromatic nitrogens is 1. The lowest BCUT2D eigenvalue weighted by Crippen LogP contribution is -2.34. The number of hydrogen-bond donors (Lipinski definition) is 1. The second-order valence-electron chi connectivity index (χ2n) is 5.08. The van der Waals surface area contributed by atoms with Gasteiger partial charge in [-0.2, -0.15) is 0 Å². The molecule has 0 saturated carbocycles. The van der Waals surface area contributed by atoms with Gasteiger partial charge >= 0.3 is 0 Å². The first-order chi connectivity index (χ1) is 10.1. The minimum atomic E-state index is -0.165. The van der Waals surface area contributed by atoms with E-state index in [9.17, 15) is 4.79 Å². The van der Waals surface area contributed by atoms with Crippen molar-refractivity contribution in [2.45, 2.75) is 19.4 Å². The lowest BCUT2D eigenvalue weighted by Gasteiger charge is -2.12. The van der Waals surface area contributed by atoms with E-state index in [0.717, 1.165) is 17.9 Å². The van der Waals surface area contributed by atoms with Crippen LogP contribution in [-0.4, -0.2) is 23.5 Å². The SMILES string of the molecule is Cc1cc(C(=O)NCC2Cc3ccccc3O2)cc(Cl)n1. The van der Waals surface area contributed by atoms with Gasteiger partial charge in [0.2, 0.25) is 0 Å². The summed E-state index contributed by atoms with van der Waals surface area (Å²) >= 11 is 5.87. The second-order valence-corrected chi connectivity index (χ2v) is 5.47. The van der Waals surface area contributed by atoms with Gasteiger partial charge in [-0.05, 0) is 30.7 Å². The third-order valence-electron chi connectivity index (χ3n) is 3.39. The molecular formula is C16H15ClN2O2. The van der Waals surface area contributed by atoms with E-state index in [1.165, 1.54) is 5.56 Å². The molecule has 108 valence electrons. The Hall–Kier alpha value is -2.07. The van der Waals surface area contributed by atoms with Crippen LogP contribution in [0.15, 0.2) is 36.4 Å². The highest BCUT2D eigenvalue weighted by Gasteiger charge is 2.22. The summed E-state index contributed by atoms with van der Waals surface area (Å²) in [5, 5.41) is 3.20. The zero-order valence-electron chi connectivity index (χ0n) is 11.6. The third-order valence-corrected chi connectivity index (χ3v) is 3.58. The van der Waals surface area contributed by atoms with Gasteiger partial charge in [0, 0.05) is 17.7 Å². The molecule has 5 heteroatoms. The van der Waals surface area contributed by atoms with Crippen LogP contribution in [-0.2, 0) is 6.42 Å². The second kappa shape index (κ2) is 5.74. The molecule has 21 heavy (non-hydrogen) atoms. The molecule has 0 bridgehead atoms. The summed E-state index contributed by atoms with van der Waals surface area (Å²) in [5.74, 6) is 0.738. The van der Waals surface area contributed by atoms with Crippen LogP contribution < -0.4 is 10.1 Å². The smallest absolute Gasteiger partial charge is 0.251 e. The fourth-order valence-electron chi connectivity index (χ4n) is 2.44. The Balaban J connectivity index is 1.60. The Morgan fingerprint density at radius 1 is 1.43 bits per heavy atom. The van der Waals surface area contributed by atoms with Crippen LogP contribution in [0.2, 0.25) is 5.15 Å². The number of hydrogen-bond acceptors (Lipinski definition) is 3. The first-order valence-corrected chi connectivity index (χ1v) is 7.16. The Morgan fingerprint density at radius 3 is 3.00 bits per heavy atom. The molecule has 0 radical (unpaired) electrons. The van der Waals surface area contributed by atoms with Gasteiger partial charge in [0.1, 0.15) is 17.0 Å². The molecule has 0 aliphatic carbocycles. The van der Waals surface area contributed by atoms with E-state index < -0.39 is 0 Å². The predicted molar refractivity (Wildman–Crippen MR) is 80.9 cm³/mol. The summed E-state index contributed by atoms with van der Waals surface area (Å²) in [4.78, 5) is 16.2. The van der Waals surface area contributed by atoms with Crippen LogP contribution in [0, 0.1) is 6.92 Å². The molecule has 4 nitrogen and oxygen atoms in total. The van der Waals surface area contributed by atoms with E-state index >= 15 is 0 Å². The lowest BCUT2D eigenvalue weighted by atomic mass is 10.1. The average Bonchev–Trinajstić information content (AvgIpc) is 2.86. The maximum Gasteiger partial charge on any atom is 0.251 e. The Labute approximate surface area is 128 Å². The van der Waals surface area contributed by atoms with Gasteiger partial charge in [-0.25, -0.2) is 4.98 Å². The van der Waals surface area contributed by atoms with Crippen molar-refractivity contribution in [3.63, 3.8) is 0 Å². The quantitative estimate of drug-likeness (QED) is 0.887. The normalized spacial score (nSPS) is 16.2. The van der Waals surface area contributed by atoms with Gasteiger partial charge in [-0.3, -0.25) is 4.79 Å². The highest BCUT2D eigenvalue weighted by atomic mass is 35.5. The molecule has 1 aliphatic heterocycles. The monoisotopic (exact) mass is 302 g/mol. The molecular weight excluding hydrogens is 288 g/mol. The molecule has 2 aromatic rings. The van der Waals surface area contributed by atoms with Gasteiger partial charge < -0.3 is 10.1 Å². The average molecular weight is 303 g/mol. The molecule has 1 amide bonds. The van der Waals surface area contributed by atoms with Crippen molar-refractivity contribution in [2.24, 2.45) is 0 Å². The van der Waals surface area contributed by atoms with E-state index in [1.807, 2.05) is 24.3 Å². The van der Waals surface area contributed by atoms with Crippen LogP contribution in [0.3, 0.4) is 0 Å². The first-order valence-electron chi connectivity index (χ1n) is 6.79. The van der Waals surface area contributed by atoms with E-state index in [1.54, 1.807) is 19.1 Å². The van der Waals surface area contributed by atoms with Crippen LogP contribution in [0.5, 0.6) is 5.75 Å². The van der Waals surface area contributed by atoms with E-state index in [2.05, 4.69) is 10.3 Å². The number of pyridine rings is 1. The molecule has 0 saturated heterocycles. The Kier molecular flexibility index (Phi) is 3.80. The van der Waals surface area contributed by atoms with Gasteiger partial charge in [0.05, 0.1) is 6.54 Å². The molecule has 1 N–H and O–H groups in total. The lowest BCUT2D eigenvalue weighted by molar-refractivity contribution is 0.0933. The number of halogens is 1. The van der Waals surface area contributed by atoms with E-state index in [-0.39, 0.29) is 12.0 Å². The number of amides is 1. The summed E-state index contributed by atoms with van der Waals surface area (Å²) in [6.07, 6.45) is 0.789. The van der Waals surface area contributed by atoms with Gasteiger partial charge in [-0.1, -0.05) is 29.8 Å². The molecule has 1 unspecified atom stereocenters. The predicted octanol–water partition coefficient (Wildman–Crippen LogP) is 2.78. The summed E-state index contributed by atoms with van der Waals surface area (Å²) < 4.78 is 5.79. The van der Waals surface area contributed by atoms with E-state index in [4.69, 9.17) is 16.3 Å². The fourth-order valence-corrected chi connectivity index (χ4v) is 2.69. The number of nitrogens with zero attached hydrogens (tertiary/aromatic N) is 1. The van der Waals surface area contributed by atoms with Crippen molar-refractivity contribution in [1.29, 1.82) is 0 Å². The zero-order chi connectivity index (χ0) is 14.8. The number of fused-ring (bicyclic) bond motifs is 1. The molecule has 1 aliphatic rings. The minimum absolute atomic E-state index is 0.0234. The molecule has 1 aromatic heterocycles. The van der Waals surface area contributed by atoms with Crippen LogP contribution in [0.1, 0.15) is 21.6 Å². The third kappa shape index (κ3) is 3.16.